The number of rotatable bonds is 7. The maximum absolute atomic E-state index is 12.0. The van der Waals surface area contributed by atoms with Crippen LogP contribution in [0.25, 0.3) is 0 Å². The highest BCUT2D eigenvalue weighted by Crippen LogP contribution is 2.31. The lowest BCUT2D eigenvalue weighted by Crippen LogP contribution is -2.41. The normalized spacial score (nSPS) is 21.8. The van der Waals surface area contributed by atoms with Crippen molar-refractivity contribution < 1.29 is 4.79 Å². The molecule has 1 atom stereocenters. The average molecular weight is 239 g/mol. The minimum Gasteiger partial charge on any atom is -0.343 e. The summed E-state index contributed by atoms with van der Waals surface area (Å²) >= 11 is 0. The van der Waals surface area contributed by atoms with Gasteiger partial charge in [0, 0.05) is 32.1 Å². The molecule has 2 fully saturated rings. The second kappa shape index (κ2) is 6.36. The van der Waals surface area contributed by atoms with Gasteiger partial charge in [0.05, 0.1) is 0 Å². The molecule has 0 aromatic carbocycles. The molecule has 17 heavy (non-hydrogen) atoms. The molecule has 4 heteroatoms. The van der Waals surface area contributed by atoms with Crippen LogP contribution in [0, 0.1) is 5.92 Å². The first kappa shape index (κ1) is 12.8. The number of likely N-dealkylation sites (tertiary alicyclic amines) is 1. The summed E-state index contributed by atoms with van der Waals surface area (Å²) in [5, 5.41) is 3.42. The van der Waals surface area contributed by atoms with Crippen LogP contribution in [0.4, 0.5) is 0 Å². The minimum absolute atomic E-state index is 0.168. The molecule has 1 heterocycles. The lowest BCUT2D eigenvalue weighted by atomic mass is 10.1. The van der Waals surface area contributed by atoms with Crippen LogP contribution in [-0.2, 0) is 4.79 Å². The summed E-state index contributed by atoms with van der Waals surface area (Å²) in [5.41, 5.74) is 5.72. The molecule has 2 rings (SSSR count). The lowest BCUT2D eigenvalue weighted by molar-refractivity contribution is -0.130. The van der Waals surface area contributed by atoms with Gasteiger partial charge in [0.25, 0.3) is 0 Å². The third kappa shape index (κ3) is 4.28. The molecule has 4 nitrogen and oxygen atoms in total. The fourth-order valence-electron chi connectivity index (χ4n) is 2.44. The molecule has 2 aliphatic rings. The third-order valence-corrected chi connectivity index (χ3v) is 3.85. The quantitative estimate of drug-likeness (QED) is 0.688. The topological polar surface area (TPSA) is 58.4 Å². The first-order valence-corrected chi connectivity index (χ1v) is 7.01. The van der Waals surface area contributed by atoms with Crippen molar-refractivity contribution in [3.63, 3.8) is 0 Å². The van der Waals surface area contributed by atoms with E-state index in [0.29, 0.717) is 13.0 Å². The zero-order valence-corrected chi connectivity index (χ0v) is 10.7. The molecule has 0 bridgehead atoms. The fraction of sp³-hybridized carbons (Fsp3) is 0.923. The Hall–Kier alpha value is -0.610. The van der Waals surface area contributed by atoms with E-state index in [1.54, 1.807) is 0 Å². The summed E-state index contributed by atoms with van der Waals surface area (Å²) in [7, 11) is 0. The zero-order valence-electron chi connectivity index (χ0n) is 10.7. The fourth-order valence-corrected chi connectivity index (χ4v) is 2.44. The second-order valence-electron chi connectivity index (χ2n) is 5.41. The van der Waals surface area contributed by atoms with Crippen LogP contribution in [0.5, 0.6) is 0 Å². The molecule has 0 spiro atoms. The SMILES string of the molecule is NCC(CC(=O)N1CCCC1)NCCC1CC1. The van der Waals surface area contributed by atoms with Gasteiger partial charge in [-0.3, -0.25) is 4.79 Å². The summed E-state index contributed by atoms with van der Waals surface area (Å²) in [4.78, 5) is 13.9. The van der Waals surface area contributed by atoms with Gasteiger partial charge >= 0.3 is 0 Å². The van der Waals surface area contributed by atoms with Crippen molar-refractivity contribution in [2.45, 2.75) is 44.6 Å². The average Bonchev–Trinajstić information content (AvgIpc) is 2.98. The Kier molecular flexibility index (Phi) is 4.80. The molecule has 98 valence electrons. The van der Waals surface area contributed by atoms with Crippen LogP contribution in [0.1, 0.15) is 38.5 Å². The van der Waals surface area contributed by atoms with Crippen molar-refractivity contribution in [1.29, 1.82) is 0 Å². The molecule has 0 radical (unpaired) electrons. The summed E-state index contributed by atoms with van der Waals surface area (Å²) < 4.78 is 0. The van der Waals surface area contributed by atoms with Gasteiger partial charge in [0.1, 0.15) is 0 Å². The standard InChI is InChI=1S/C13H25N3O/c14-10-12(15-6-5-11-3-4-11)9-13(17)16-7-1-2-8-16/h11-12,15H,1-10,14H2. The molecule has 1 saturated heterocycles. The van der Waals surface area contributed by atoms with Crippen molar-refractivity contribution in [3.05, 3.63) is 0 Å². The Morgan fingerprint density at radius 3 is 2.65 bits per heavy atom. The molecule has 1 amide bonds. The number of carbonyl (C=O) groups excluding carboxylic acids is 1. The number of nitrogens with zero attached hydrogens (tertiary/aromatic N) is 1. The smallest absolute Gasteiger partial charge is 0.224 e. The highest BCUT2D eigenvalue weighted by Gasteiger charge is 2.23. The van der Waals surface area contributed by atoms with Crippen LogP contribution < -0.4 is 11.1 Å². The number of carbonyl (C=O) groups is 1. The van der Waals surface area contributed by atoms with Crippen LogP contribution in [-0.4, -0.2) is 43.0 Å². The minimum atomic E-state index is 0.168. The van der Waals surface area contributed by atoms with Crippen molar-refractivity contribution in [3.8, 4) is 0 Å². The first-order chi connectivity index (χ1) is 8.29. The van der Waals surface area contributed by atoms with Gasteiger partial charge in [0.15, 0.2) is 0 Å². The monoisotopic (exact) mass is 239 g/mol. The molecule has 0 aromatic heterocycles. The number of amides is 1. The van der Waals surface area contributed by atoms with E-state index in [4.69, 9.17) is 5.73 Å². The summed E-state index contributed by atoms with van der Waals surface area (Å²) in [5.74, 6) is 1.21. The first-order valence-electron chi connectivity index (χ1n) is 7.01. The van der Waals surface area contributed by atoms with E-state index < -0.39 is 0 Å². The van der Waals surface area contributed by atoms with Gasteiger partial charge in [0.2, 0.25) is 5.91 Å². The van der Waals surface area contributed by atoms with Crippen LogP contribution in [0.15, 0.2) is 0 Å². The van der Waals surface area contributed by atoms with Crippen molar-refractivity contribution in [1.82, 2.24) is 10.2 Å². The zero-order chi connectivity index (χ0) is 12.1. The Balaban J connectivity index is 1.63. The lowest BCUT2D eigenvalue weighted by Gasteiger charge is -2.21. The van der Waals surface area contributed by atoms with Gasteiger partial charge in [-0.15, -0.1) is 0 Å². The van der Waals surface area contributed by atoms with E-state index in [1.165, 1.54) is 19.3 Å². The molecular weight excluding hydrogens is 214 g/mol. The van der Waals surface area contributed by atoms with Gasteiger partial charge in [-0.1, -0.05) is 12.8 Å². The van der Waals surface area contributed by atoms with Crippen LogP contribution in [0.3, 0.4) is 0 Å². The van der Waals surface area contributed by atoms with E-state index >= 15 is 0 Å². The van der Waals surface area contributed by atoms with Gasteiger partial charge in [-0.05, 0) is 31.7 Å². The molecule has 1 aliphatic heterocycles. The van der Waals surface area contributed by atoms with Crippen LogP contribution in [0.2, 0.25) is 0 Å². The summed E-state index contributed by atoms with van der Waals surface area (Å²) in [6, 6.07) is 0.168. The highest BCUT2D eigenvalue weighted by molar-refractivity contribution is 5.77. The largest absolute Gasteiger partial charge is 0.343 e. The molecule has 0 aromatic rings. The number of nitrogens with one attached hydrogen (secondary N) is 1. The number of hydrogen-bond donors (Lipinski definition) is 2. The van der Waals surface area contributed by atoms with Gasteiger partial charge < -0.3 is 16.0 Å². The molecule has 1 unspecified atom stereocenters. The van der Waals surface area contributed by atoms with Crippen LogP contribution >= 0.6 is 0 Å². The third-order valence-electron chi connectivity index (χ3n) is 3.85. The Morgan fingerprint density at radius 2 is 2.06 bits per heavy atom. The van der Waals surface area contributed by atoms with E-state index in [2.05, 4.69) is 5.32 Å². The Morgan fingerprint density at radius 1 is 1.35 bits per heavy atom. The van der Waals surface area contributed by atoms with E-state index in [1.807, 2.05) is 4.90 Å². The molecule has 1 saturated carbocycles. The van der Waals surface area contributed by atoms with Crippen molar-refractivity contribution in [2.24, 2.45) is 11.7 Å². The summed E-state index contributed by atoms with van der Waals surface area (Å²) in [6.45, 7) is 3.46. The Labute approximate surface area is 104 Å². The molecule has 1 aliphatic carbocycles. The van der Waals surface area contributed by atoms with Gasteiger partial charge in [-0.2, -0.15) is 0 Å². The van der Waals surface area contributed by atoms with Crippen molar-refractivity contribution in [2.75, 3.05) is 26.2 Å². The van der Waals surface area contributed by atoms with E-state index in [0.717, 1.165) is 38.4 Å². The molecular formula is C13H25N3O. The Bertz CT molecular complexity index is 247. The van der Waals surface area contributed by atoms with E-state index in [9.17, 15) is 4.79 Å². The number of nitrogens with two attached hydrogens (primary N) is 1. The van der Waals surface area contributed by atoms with Gasteiger partial charge in [-0.25, -0.2) is 0 Å². The maximum Gasteiger partial charge on any atom is 0.224 e. The number of hydrogen-bond acceptors (Lipinski definition) is 3. The highest BCUT2D eigenvalue weighted by atomic mass is 16.2. The molecule has 3 N–H and O–H groups in total. The second-order valence-corrected chi connectivity index (χ2v) is 5.41. The predicted molar refractivity (Wildman–Crippen MR) is 68.6 cm³/mol. The maximum atomic E-state index is 12.0. The van der Waals surface area contributed by atoms with E-state index in [-0.39, 0.29) is 11.9 Å². The summed E-state index contributed by atoms with van der Waals surface area (Å²) in [6.07, 6.45) is 6.92. The van der Waals surface area contributed by atoms with Crippen molar-refractivity contribution >= 4 is 5.91 Å². The predicted octanol–water partition coefficient (Wildman–Crippen LogP) is 0.716.